The number of ether oxygens (including phenoxy) is 2. The highest BCUT2D eigenvalue weighted by molar-refractivity contribution is 9.10. The molecule has 2 aromatic rings. The number of aromatic nitrogens is 1. The van der Waals surface area contributed by atoms with Crippen molar-refractivity contribution in [3.8, 4) is 11.6 Å². The first-order chi connectivity index (χ1) is 17.2. The van der Waals surface area contributed by atoms with Gasteiger partial charge < -0.3 is 9.47 Å². The summed E-state index contributed by atoms with van der Waals surface area (Å²) in [5.41, 5.74) is 3.21. The summed E-state index contributed by atoms with van der Waals surface area (Å²) in [7, 11) is -3.85. The van der Waals surface area contributed by atoms with Crippen LogP contribution in [0.15, 0.2) is 62.0 Å². The molecule has 1 aromatic heterocycles. The number of carbonyl (C=O) groups is 1. The second-order valence-electron chi connectivity index (χ2n) is 8.98. The minimum Gasteiger partial charge on any atom is -0.466 e. The van der Waals surface area contributed by atoms with Crippen molar-refractivity contribution in [2.75, 3.05) is 6.61 Å². The molecule has 10 heteroatoms. The smallest absolute Gasteiger partial charge is 0.307 e. The molecule has 0 amide bonds. The van der Waals surface area contributed by atoms with Crippen LogP contribution in [-0.4, -0.2) is 44.3 Å². The summed E-state index contributed by atoms with van der Waals surface area (Å²) in [5, 5.41) is 0. The predicted molar refractivity (Wildman–Crippen MR) is 141 cm³/mol. The average Bonchev–Trinajstić information content (AvgIpc) is 3.05. The van der Waals surface area contributed by atoms with E-state index in [1.807, 2.05) is 31.2 Å². The highest BCUT2D eigenvalue weighted by Gasteiger charge is 2.29. The number of pyridine rings is 1. The topological polar surface area (TPSA) is 107 Å². The molecule has 1 aliphatic carbocycles. The van der Waals surface area contributed by atoms with Crippen LogP contribution in [-0.2, 0) is 19.6 Å². The zero-order valence-electron chi connectivity index (χ0n) is 20.4. The second kappa shape index (κ2) is 11.7. The summed E-state index contributed by atoms with van der Waals surface area (Å²) >= 11 is 3.39. The number of esters is 1. The number of hydrogen-bond donors (Lipinski definition) is 1. The maximum Gasteiger partial charge on any atom is 0.307 e. The van der Waals surface area contributed by atoms with E-state index < -0.39 is 10.0 Å². The molecule has 0 bridgehead atoms. The van der Waals surface area contributed by atoms with Gasteiger partial charge in [-0.2, -0.15) is 0 Å². The number of carbonyl (C=O) groups excluding carboxylic acids is 1. The van der Waals surface area contributed by atoms with Gasteiger partial charge in [-0.3, -0.25) is 9.79 Å². The van der Waals surface area contributed by atoms with Gasteiger partial charge >= 0.3 is 5.97 Å². The van der Waals surface area contributed by atoms with E-state index in [-0.39, 0.29) is 35.2 Å². The van der Waals surface area contributed by atoms with E-state index in [4.69, 9.17) is 9.47 Å². The van der Waals surface area contributed by atoms with Gasteiger partial charge in [-0.05, 0) is 85.7 Å². The molecule has 0 fully saturated rings. The van der Waals surface area contributed by atoms with Gasteiger partial charge in [-0.25, -0.2) is 18.1 Å². The predicted octanol–water partition coefficient (Wildman–Crippen LogP) is 5.26. The summed E-state index contributed by atoms with van der Waals surface area (Å²) in [6.45, 7) is 4.11. The molecule has 2 unspecified atom stereocenters. The van der Waals surface area contributed by atoms with Crippen LogP contribution in [0.1, 0.15) is 51.0 Å². The van der Waals surface area contributed by atoms with Gasteiger partial charge in [0.15, 0.2) is 0 Å². The Balaban J connectivity index is 1.48. The number of benzene rings is 1. The van der Waals surface area contributed by atoms with Crippen LogP contribution in [0.25, 0.3) is 0 Å². The van der Waals surface area contributed by atoms with Crippen molar-refractivity contribution in [1.82, 2.24) is 9.71 Å². The molecule has 1 aromatic carbocycles. The Kier molecular flexibility index (Phi) is 8.58. The van der Waals surface area contributed by atoms with Crippen molar-refractivity contribution in [3.05, 3.63) is 57.7 Å². The van der Waals surface area contributed by atoms with Gasteiger partial charge in [0.25, 0.3) is 0 Å². The fourth-order valence-corrected chi connectivity index (χ4v) is 6.21. The lowest BCUT2D eigenvalue weighted by atomic mass is 9.86. The molecule has 4 rings (SSSR count). The van der Waals surface area contributed by atoms with Crippen LogP contribution < -0.4 is 9.46 Å². The largest absolute Gasteiger partial charge is 0.466 e. The number of aliphatic imine (C=N–C) groups is 1. The normalized spacial score (nSPS) is 20.0. The molecule has 36 heavy (non-hydrogen) atoms. The summed E-state index contributed by atoms with van der Waals surface area (Å²) < 4.78 is 40.7. The maximum atomic E-state index is 13.3. The Morgan fingerprint density at radius 2 is 1.97 bits per heavy atom. The highest BCUT2D eigenvalue weighted by atomic mass is 79.9. The molecule has 0 saturated carbocycles. The summed E-state index contributed by atoms with van der Waals surface area (Å²) in [5.74, 6) is 0.631. The molecule has 0 saturated heterocycles. The van der Waals surface area contributed by atoms with Crippen molar-refractivity contribution in [2.45, 2.75) is 69.4 Å². The number of rotatable bonds is 8. The van der Waals surface area contributed by atoms with Crippen LogP contribution in [0.4, 0.5) is 0 Å². The van der Waals surface area contributed by atoms with Crippen molar-refractivity contribution in [1.29, 1.82) is 0 Å². The molecule has 1 N–H and O–H groups in total. The van der Waals surface area contributed by atoms with Crippen molar-refractivity contribution < 1.29 is 22.7 Å². The van der Waals surface area contributed by atoms with Crippen molar-refractivity contribution in [2.24, 2.45) is 4.99 Å². The average molecular weight is 577 g/mol. The number of nitrogens with one attached hydrogen (secondary N) is 1. The highest BCUT2D eigenvalue weighted by Crippen LogP contribution is 2.33. The standard InChI is InChI=1S/C26H30BrN3O5S/c1-3-34-25(31)13-19-10-9-18-5-4-6-24(22(18)16-28-19)30-36(32,33)21-14-23(27)26(29-15-21)35-20-11-7-17(2)8-12-20/h7-8,11-12,14-16,19,24,30H,3-6,9-10,13H2,1-2H3. The third-order valence-corrected chi connectivity index (χ3v) is 8.30. The minimum atomic E-state index is -3.85. The number of sulfonamides is 1. The third-order valence-electron chi connectivity index (χ3n) is 6.29. The lowest BCUT2D eigenvalue weighted by Crippen LogP contribution is -2.38. The van der Waals surface area contributed by atoms with Crippen LogP contribution in [0.5, 0.6) is 11.6 Å². The zero-order chi connectivity index (χ0) is 25.7. The lowest BCUT2D eigenvalue weighted by molar-refractivity contribution is -0.143. The summed E-state index contributed by atoms with van der Waals surface area (Å²) in [6.07, 6.45) is 7.28. The first-order valence-corrected chi connectivity index (χ1v) is 14.4. The van der Waals surface area contributed by atoms with Crippen LogP contribution in [0.3, 0.4) is 0 Å². The minimum absolute atomic E-state index is 0.0455. The monoisotopic (exact) mass is 575 g/mol. The maximum absolute atomic E-state index is 13.3. The number of allylic oxidation sites excluding steroid dienone is 1. The van der Waals surface area contributed by atoms with Crippen molar-refractivity contribution in [3.63, 3.8) is 0 Å². The third kappa shape index (κ3) is 6.60. The summed E-state index contributed by atoms with van der Waals surface area (Å²) in [6, 6.07) is 8.46. The summed E-state index contributed by atoms with van der Waals surface area (Å²) in [4.78, 5) is 20.8. The fraction of sp³-hybridized carbons (Fsp3) is 0.423. The van der Waals surface area contributed by atoms with Crippen LogP contribution in [0.2, 0.25) is 0 Å². The van der Waals surface area contributed by atoms with Gasteiger partial charge in [0.2, 0.25) is 15.9 Å². The molecule has 1 aliphatic heterocycles. The van der Waals surface area contributed by atoms with Crippen LogP contribution >= 0.6 is 15.9 Å². The lowest BCUT2D eigenvalue weighted by Gasteiger charge is -2.26. The van der Waals surface area contributed by atoms with E-state index in [0.717, 1.165) is 36.8 Å². The molecule has 192 valence electrons. The molecular weight excluding hydrogens is 546 g/mol. The Morgan fingerprint density at radius 1 is 1.19 bits per heavy atom. The molecule has 2 heterocycles. The first kappa shape index (κ1) is 26.5. The Labute approximate surface area is 220 Å². The molecule has 2 atom stereocenters. The van der Waals surface area contributed by atoms with Gasteiger partial charge in [-0.1, -0.05) is 23.3 Å². The van der Waals surface area contributed by atoms with E-state index >= 15 is 0 Å². The molecule has 8 nitrogen and oxygen atoms in total. The molecule has 2 aliphatic rings. The first-order valence-electron chi connectivity index (χ1n) is 12.1. The number of hydrogen-bond acceptors (Lipinski definition) is 7. The molecule has 0 radical (unpaired) electrons. The second-order valence-corrected chi connectivity index (χ2v) is 11.5. The van der Waals surface area contributed by atoms with Gasteiger partial charge in [0.1, 0.15) is 10.6 Å². The Hall–Kier alpha value is -2.56. The number of nitrogens with zero attached hydrogens (tertiary/aromatic N) is 2. The Morgan fingerprint density at radius 3 is 2.69 bits per heavy atom. The molecule has 0 spiro atoms. The van der Waals surface area contributed by atoms with Crippen LogP contribution in [0, 0.1) is 6.92 Å². The van der Waals surface area contributed by atoms with E-state index in [9.17, 15) is 13.2 Å². The SMILES string of the molecule is CCOC(=O)CC1CCC2=C(C=N1)C(NS(=O)(=O)c1cnc(Oc3ccc(C)cc3)c(Br)c1)CCC2. The number of halogens is 1. The fourth-order valence-electron chi connectivity index (χ4n) is 4.41. The van der Waals surface area contributed by atoms with E-state index in [1.54, 1.807) is 13.1 Å². The van der Waals surface area contributed by atoms with Gasteiger partial charge in [0, 0.05) is 12.3 Å². The zero-order valence-corrected chi connectivity index (χ0v) is 22.8. The Bertz CT molecular complexity index is 1270. The number of aryl methyl sites for hydroxylation is 1. The van der Waals surface area contributed by atoms with E-state index in [2.05, 4.69) is 30.6 Å². The van der Waals surface area contributed by atoms with Gasteiger partial charge in [0.05, 0.1) is 29.7 Å². The van der Waals surface area contributed by atoms with E-state index in [1.165, 1.54) is 17.8 Å². The van der Waals surface area contributed by atoms with Gasteiger partial charge in [-0.15, -0.1) is 0 Å². The van der Waals surface area contributed by atoms with E-state index in [0.29, 0.717) is 23.2 Å². The quantitative estimate of drug-likeness (QED) is 0.430. The van der Waals surface area contributed by atoms with Crippen molar-refractivity contribution >= 4 is 38.1 Å². The molecular formula is C26H30BrN3O5S.